The highest BCUT2D eigenvalue weighted by molar-refractivity contribution is 14.1. The first kappa shape index (κ1) is 18.5. The van der Waals surface area contributed by atoms with Crippen LogP contribution in [0.1, 0.15) is 45.4 Å². The lowest BCUT2D eigenvalue weighted by atomic mass is 10.1. The maximum absolute atomic E-state index is 6.54. The molecule has 0 saturated heterocycles. The molecule has 1 atom stereocenters. The summed E-state index contributed by atoms with van der Waals surface area (Å²) in [6, 6.07) is 22.3. The smallest absolute Gasteiger partial charge is 0.348 e. The topological polar surface area (TPSA) is 9.23 Å². The van der Waals surface area contributed by atoms with Crippen LogP contribution in [0.5, 0.6) is 5.75 Å². The Morgan fingerprint density at radius 2 is 1.35 bits per heavy atom. The number of para-hydroxylation sites is 1. The molecule has 1 unspecified atom stereocenters. The number of hydrogen-bond acceptors (Lipinski definition) is 1. The van der Waals surface area contributed by atoms with E-state index in [4.69, 9.17) is 4.43 Å². The number of halogens is 1. The number of hydrogen-bond donors (Lipinski definition) is 0. The van der Waals surface area contributed by atoms with Gasteiger partial charge in [0.1, 0.15) is 5.75 Å². The predicted octanol–water partition coefficient (Wildman–Crippen LogP) is 6.21. The molecule has 0 aromatic heterocycles. The van der Waals surface area contributed by atoms with E-state index in [-0.39, 0.29) is 0 Å². The lowest BCUT2D eigenvalue weighted by Gasteiger charge is -2.27. The van der Waals surface area contributed by atoms with Gasteiger partial charge in [0.05, 0.1) is 0 Å². The van der Waals surface area contributed by atoms with Crippen molar-refractivity contribution in [1.29, 1.82) is 0 Å². The van der Waals surface area contributed by atoms with Gasteiger partial charge >= 0.3 is 5.81 Å². The van der Waals surface area contributed by atoms with Crippen molar-refractivity contribution in [3.63, 3.8) is 0 Å². The highest BCUT2D eigenvalue weighted by Gasteiger charge is 2.35. The van der Waals surface area contributed by atoms with E-state index >= 15 is 0 Å². The summed E-state index contributed by atoms with van der Waals surface area (Å²) in [6.07, 6.45) is 7.99. The van der Waals surface area contributed by atoms with Crippen LogP contribution in [0.25, 0.3) is 0 Å². The van der Waals surface area contributed by atoms with Crippen molar-refractivity contribution in [3.8, 4) is 5.75 Å². The minimum atomic E-state index is -1.96. The monoisotopic (exact) mass is 438 g/mol. The quantitative estimate of drug-likeness (QED) is 0.185. The third kappa shape index (κ3) is 6.30. The maximum atomic E-state index is 6.54. The Kier molecular flexibility index (Phi) is 8.16. The molecule has 2 aromatic carbocycles. The molecule has 0 bridgehead atoms. The van der Waals surface area contributed by atoms with Gasteiger partial charge in [-0.1, -0.05) is 116 Å². The van der Waals surface area contributed by atoms with Gasteiger partial charge in [0, 0.05) is 0 Å². The van der Waals surface area contributed by atoms with Gasteiger partial charge in [-0.15, -0.1) is 0 Å². The van der Waals surface area contributed by atoms with Crippen LogP contribution >= 0.6 is 21.8 Å². The van der Waals surface area contributed by atoms with Crippen molar-refractivity contribution in [1.82, 2.24) is 0 Å². The Balaban J connectivity index is 2.00. The molecule has 23 heavy (non-hydrogen) atoms. The van der Waals surface area contributed by atoms with E-state index in [2.05, 4.69) is 83.3 Å². The zero-order chi connectivity index (χ0) is 16.4. The summed E-state index contributed by atoms with van der Waals surface area (Å²) in [5, 5.41) is 1.39. The molecule has 0 aliphatic carbocycles. The van der Waals surface area contributed by atoms with Crippen LogP contribution in [-0.4, -0.2) is 5.81 Å². The van der Waals surface area contributed by atoms with Gasteiger partial charge in [-0.3, -0.25) is 0 Å². The molecular weight excluding hydrogens is 411 g/mol. The second-order valence-corrected chi connectivity index (χ2v) is 14.0. The molecule has 124 valence electrons. The summed E-state index contributed by atoms with van der Waals surface area (Å²) in [7, 11) is 0. The molecule has 0 heterocycles. The van der Waals surface area contributed by atoms with Gasteiger partial charge in [-0.05, 0) is 23.4 Å². The van der Waals surface area contributed by atoms with E-state index in [0.29, 0.717) is 0 Å². The highest BCUT2D eigenvalue weighted by Crippen LogP contribution is 2.27. The van der Waals surface area contributed by atoms with Gasteiger partial charge in [0.25, 0.3) is 0 Å². The van der Waals surface area contributed by atoms with Crippen LogP contribution in [0.4, 0.5) is 0 Å². The fourth-order valence-corrected chi connectivity index (χ4v) is 8.15. The first-order valence-electron chi connectivity index (χ1n) is 8.73. The molecule has 0 amide bonds. The van der Waals surface area contributed by atoms with E-state index in [1.165, 1.54) is 49.8 Å². The van der Waals surface area contributed by atoms with E-state index in [9.17, 15) is 0 Å². The Hall–Kier alpha value is -0.813. The number of unbranched alkanes of at least 4 members (excludes halogenated alkanes) is 5. The number of rotatable bonds is 10. The average Bonchev–Trinajstić information content (AvgIpc) is 2.60. The Labute approximate surface area is 154 Å². The molecule has 3 heteroatoms. The minimum Gasteiger partial charge on any atom is -0.530 e. The van der Waals surface area contributed by atoms with Crippen molar-refractivity contribution in [2.24, 2.45) is 0 Å². The van der Waals surface area contributed by atoms with Crippen LogP contribution in [0.2, 0.25) is 6.04 Å². The molecule has 0 spiro atoms. The zero-order valence-corrected chi connectivity index (χ0v) is 17.2. The lowest BCUT2D eigenvalue weighted by molar-refractivity contribution is 0.561. The minimum absolute atomic E-state index is 1.00. The summed E-state index contributed by atoms with van der Waals surface area (Å²) < 4.78 is 6.54. The Morgan fingerprint density at radius 3 is 2.00 bits per heavy atom. The second-order valence-electron chi connectivity index (χ2n) is 6.03. The summed E-state index contributed by atoms with van der Waals surface area (Å²) in [5.74, 6) is -0.962. The first-order valence-corrected chi connectivity index (χ1v) is 14.0. The Bertz CT molecular complexity index is 546. The average molecular weight is 438 g/mol. The fourth-order valence-electron chi connectivity index (χ4n) is 2.75. The van der Waals surface area contributed by atoms with Crippen LogP contribution in [0.3, 0.4) is 0 Å². The van der Waals surface area contributed by atoms with E-state index in [1.807, 2.05) is 6.07 Å². The van der Waals surface area contributed by atoms with Crippen molar-refractivity contribution < 1.29 is 4.43 Å². The van der Waals surface area contributed by atoms with Crippen LogP contribution < -0.4 is 9.61 Å². The first-order chi connectivity index (χ1) is 11.2. The second kappa shape index (κ2) is 10.1. The maximum Gasteiger partial charge on any atom is 0.348 e. The van der Waals surface area contributed by atoms with E-state index < -0.39 is 5.81 Å². The lowest BCUT2D eigenvalue weighted by Crippen LogP contribution is -2.47. The largest absolute Gasteiger partial charge is 0.530 e. The standard InChI is InChI=1S/C20H27IOSi/c1-2-3-4-5-6-13-18-23(21,20-16-11-8-12-17-20)22-19-14-9-7-10-15-19/h7-12,14-17H,2-6,13,18H2,1H3. The van der Waals surface area contributed by atoms with E-state index in [0.717, 1.165) is 5.75 Å². The molecule has 0 saturated carbocycles. The highest BCUT2D eigenvalue weighted by atomic mass is 127. The summed E-state index contributed by atoms with van der Waals surface area (Å²) in [4.78, 5) is 0. The zero-order valence-electron chi connectivity index (χ0n) is 14.0. The van der Waals surface area contributed by atoms with Gasteiger partial charge in [-0.25, -0.2) is 0 Å². The van der Waals surface area contributed by atoms with Gasteiger partial charge in [0.2, 0.25) is 0 Å². The Morgan fingerprint density at radius 1 is 0.783 bits per heavy atom. The third-order valence-electron chi connectivity index (χ3n) is 4.08. The molecule has 0 fully saturated rings. The molecule has 0 aliphatic heterocycles. The summed E-state index contributed by atoms with van der Waals surface area (Å²) >= 11 is 2.63. The van der Waals surface area contributed by atoms with Gasteiger partial charge < -0.3 is 4.43 Å². The van der Waals surface area contributed by atoms with Crippen molar-refractivity contribution in [3.05, 3.63) is 60.7 Å². The predicted molar refractivity (Wildman–Crippen MR) is 111 cm³/mol. The van der Waals surface area contributed by atoms with Crippen molar-refractivity contribution in [2.45, 2.75) is 51.5 Å². The van der Waals surface area contributed by atoms with Gasteiger partial charge in [0.15, 0.2) is 0 Å². The molecule has 0 radical (unpaired) electrons. The molecule has 1 nitrogen and oxygen atoms in total. The molecule has 0 N–H and O–H groups in total. The molecule has 2 aromatic rings. The number of benzene rings is 2. The summed E-state index contributed by atoms with van der Waals surface area (Å²) in [5.41, 5.74) is 0. The van der Waals surface area contributed by atoms with E-state index in [1.54, 1.807) is 0 Å². The molecular formula is C20H27IOSi. The fraction of sp³-hybridized carbons (Fsp3) is 0.400. The van der Waals surface area contributed by atoms with Crippen molar-refractivity contribution in [2.75, 3.05) is 0 Å². The summed E-state index contributed by atoms with van der Waals surface area (Å²) in [6.45, 7) is 2.27. The van der Waals surface area contributed by atoms with Crippen LogP contribution in [0.15, 0.2) is 60.7 Å². The molecule has 0 aliphatic rings. The van der Waals surface area contributed by atoms with Crippen LogP contribution in [-0.2, 0) is 0 Å². The SMILES string of the molecule is CCCCCCCC[Si](I)(Oc1ccccc1)c1ccccc1. The normalized spacial score (nSPS) is 13.5. The molecule has 2 rings (SSSR count). The van der Waals surface area contributed by atoms with Crippen LogP contribution in [0, 0.1) is 0 Å². The van der Waals surface area contributed by atoms with Crippen molar-refractivity contribution >= 4 is 32.8 Å². The van der Waals surface area contributed by atoms with Gasteiger partial charge in [-0.2, -0.15) is 0 Å². The third-order valence-corrected chi connectivity index (χ3v) is 11.0.